The van der Waals surface area contributed by atoms with Crippen LogP contribution in [-0.4, -0.2) is 12.1 Å². The van der Waals surface area contributed by atoms with E-state index in [2.05, 4.69) is 13.8 Å². The standard InChI is InChI=1S/C25H47O2/c1-3-5-7-9-11-13-15-17-19-21-24(23-26)25(27)22-20-18-16-14-12-10-8-6-4-2/h24H,3-22H2,1-2H3. The van der Waals surface area contributed by atoms with E-state index in [0.29, 0.717) is 6.42 Å². The summed E-state index contributed by atoms with van der Waals surface area (Å²) in [6.07, 6.45) is 26.0. The molecule has 2 nitrogen and oxygen atoms in total. The van der Waals surface area contributed by atoms with Gasteiger partial charge >= 0.3 is 0 Å². The fourth-order valence-electron chi connectivity index (χ4n) is 3.73. The summed E-state index contributed by atoms with van der Waals surface area (Å²) in [6, 6.07) is 0. The third-order valence-electron chi connectivity index (χ3n) is 5.65. The monoisotopic (exact) mass is 379 g/mol. The van der Waals surface area contributed by atoms with E-state index in [1.165, 1.54) is 89.9 Å². The number of rotatable bonds is 22. The Hall–Kier alpha value is -0.660. The molecule has 0 aliphatic rings. The van der Waals surface area contributed by atoms with Crippen LogP contribution in [0, 0.1) is 5.92 Å². The molecule has 0 aromatic heterocycles. The van der Waals surface area contributed by atoms with Gasteiger partial charge in [-0.05, 0) is 12.8 Å². The molecule has 0 aliphatic heterocycles. The number of carbonyl (C=O) groups excluding carboxylic acids is 2. The van der Waals surface area contributed by atoms with Crippen molar-refractivity contribution in [1.82, 2.24) is 0 Å². The van der Waals surface area contributed by atoms with Crippen LogP contribution in [0.2, 0.25) is 0 Å². The molecular formula is C25H47O2. The fraction of sp³-hybridized carbons (Fsp3) is 0.920. The molecule has 0 saturated heterocycles. The average molecular weight is 380 g/mol. The maximum absolute atomic E-state index is 12.2. The van der Waals surface area contributed by atoms with E-state index < -0.39 is 5.92 Å². The Kier molecular flexibility index (Phi) is 21.1. The number of unbranched alkanes of at least 4 members (excludes halogenated alkanes) is 16. The maximum atomic E-state index is 12.2. The van der Waals surface area contributed by atoms with Crippen LogP contribution in [0.5, 0.6) is 0 Å². The van der Waals surface area contributed by atoms with Gasteiger partial charge in [0.2, 0.25) is 6.29 Å². The molecule has 0 heterocycles. The van der Waals surface area contributed by atoms with Gasteiger partial charge in [-0.2, -0.15) is 0 Å². The van der Waals surface area contributed by atoms with Crippen molar-refractivity contribution in [2.45, 2.75) is 142 Å². The highest BCUT2D eigenvalue weighted by Crippen LogP contribution is 2.16. The molecule has 0 bridgehead atoms. The summed E-state index contributed by atoms with van der Waals surface area (Å²) in [5.74, 6) is -0.323. The Balaban J connectivity index is 3.50. The molecule has 0 aromatic carbocycles. The average Bonchev–Trinajstić information content (AvgIpc) is 2.68. The molecule has 0 aliphatic carbocycles. The minimum Gasteiger partial charge on any atom is -0.299 e. The lowest BCUT2D eigenvalue weighted by Crippen LogP contribution is -2.15. The zero-order chi connectivity index (χ0) is 20.0. The van der Waals surface area contributed by atoms with Crippen LogP contribution in [0.25, 0.3) is 0 Å². The summed E-state index contributed by atoms with van der Waals surface area (Å²) in [5.41, 5.74) is 0. The van der Waals surface area contributed by atoms with E-state index in [0.717, 1.165) is 32.1 Å². The summed E-state index contributed by atoms with van der Waals surface area (Å²) in [7, 11) is 0. The molecule has 0 fully saturated rings. The zero-order valence-electron chi connectivity index (χ0n) is 18.5. The smallest absolute Gasteiger partial charge is 0.209 e. The minimum atomic E-state index is -0.455. The molecular weight excluding hydrogens is 332 g/mol. The lowest BCUT2D eigenvalue weighted by Gasteiger charge is -2.09. The molecule has 1 radical (unpaired) electrons. The molecule has 2 heteroatoms. The lowest BCUT2D eigenvalue weighted by molar-refractivity contribution is -0.121. The van der Waals surface area contributed by atoms with E-state index >= 15 is 0 Å². The second kappa shape index (κ2) is 21.6. The number of ketones is 1. The van der Waals surface area contributed by atoms with Crippen LogP contribution in [0.3, 0.4) is 0 Å². The van der Waals surface area contributed by atoms with Crippen molar-refractivity contribution in [3.8, 4) is 0 Å². The van der Waals surface area contributed by atoms with Crippen molar-refractivity contribution in [2.24, 2.45) is 5.92 Å². The molecule has 0 saturated carbocycles. The molecule has 0 aromatic rings. The maximum Gasteiger partial charge on any atom is 0.209 e. The summed E-state index contributed by atoms with van der Waals surface area (Å²) in [4.78, 5) is 23.3. The molecule has 0 rings (SSSR count). The van der Waals surface area contributed by atoms with Crippen molar-refractivity contribution in [3.63, 3.8) is 0 Å². The molecule has 0 amide bonds. The van der Waals surface area contributed by atoms with Gasteiger partial charge in [-0.1, -0.05) is 123 Å². The third kappa shape index (κ3) is 18.5. The highest BCUT2D eigenvalue weighted by molar-refractivity contribution is 5.93. The number of hydrogen-bond donors (Lipinski definition) is 0. The van der Waals surface area contributed by atoms with Gasteiger partial charge in [0.15, 0.2) is 0 Å². The van der Waals surface area contributed by atoms with Crippen molar-refractivity contribution in [3.05, 3.63) is 0 Å². The van der Waals surface area contributed by atoms with E-state index in [-0.39, 0.29) is 5.78 Å². The van der Waals surface area contributed by atoms with Crippen LogP contribution in [0.15, 0.2) is 0 Å². The van der Waals surface area contributed by atoms with Gasteiger partial charge in [0, 0.05) is 6.42 Å². The third-order valence-corrected chi connectivity index (χ3v) is 5.65. The summed E-state index contributed by atoms with van der Waals surface area (Å²) in [6.45, 7) is 4.49. The van der Waals surface area contributed by atoms with E-state index in [4.69, 9.17) is 0 Å². The molecule has 1 unspecified atom stereocenters. The number of hydrogen-bond acceptors (Lipinski definition) is 2. The number of Topliss-reactive ketones (excluding diaryl/α,β-unsaturated/α-hetero) is 1. The first kappa shape index (κ1) is 26.3. The van der Waals surface area contributed by atoms with Crippen LogP contribution in [0.4, 0.5) is 0 Å². The van der Waals surface area contributed by atoms with Gasteiger partial charge in [-0.3, -0.25) is 9.59 Å². The largest absolute Gasteiger partial charge is 0.299 e. The van der Waals surface area contributed by atoms with E-state index in [9.17, 15) is 9.59 Å². The SMILES string of the molecule is CCCCCCCCCCCC(=O)C([C]=O)CCCCCCCCCCC. The Bertz CT molecular complexity index is 324. The Morgan fingerprint density at radius 1 is 0.593 bits per heavy atom. The highest BCUT2D eigenvalue weighted by atomic mass is 16.1. The van der Waals surface area contributed by atoms with Crippen LogP contribution >= 0.6 is 0 Å². The van der Waals surface area contributed by atoms with Gasteiger partial charge in [-0.25, -0.2) is 0 Å². The molecule has 159 valence electrons. The first-order valence-corrected chi connectivity index (χ1v) is 12.2. The normalized spacial score (nSPS) is 12.2. The Morgan fingerprint density at radius 2 is 0.963 bits per heavy atom. The number of carbonyl (C=O) groups is 1. The first-order chi connectivity index (χ1) is 13.3. The topological polar surface area (TPSA) is 34.1 Å². The van der Waals surface area contributed by atoms with Crippen LogP contribution in [0.1, 0.15) is 142 Å². The lowest BCUT2D eigenvalue weighted by atomic mass is 9.94. The molecule has 0 spiro atoms. The van der Waals surface area contributed by atoms with Crippen molar-refractivity contribution < 1.29 is 9.59 Å². The quantitative estimate of drug-likeness (QED) is 0.140. The van der Waals surface area contributed by atoms with Gasteiger partial charge in [0.1, 0.15) is 5.78 Å². The minimum absolute atomic E-state index is 0.132. The second-order valence-corrected chi connectivity index (χ2v) is 8.33. The molecule has 0 N–H and O–H groups in total. The highest BCUT2D eigenvalue weighted by Gasteiger charge is 2.17. The van der Waals surface area contributed by atoms with Crippen LogP contribution < -0.4 is 0 Å². The zero-order valence-corrected chi connectivity index (χ0v) is 18.5. The Labute approximate surface area is 170 Å². The van der Waals surface area contributed by atoms with Crippen molar-refractivity contribution in [1.29, 1.82) is 0 Å². The van der Waals surface area contributed by atoms with Crippen molar-refractivity contribution in [2.75, 3.05) is 0 Å². The van der Waals surface area contributed by atoms with Crippen molar-refractivity contribution >= 4 is 12.1 Å². The van der Waals surface area contributed by atoms with Gasteiger partial charge < -0.3 is 0 Å². The molecule has 27 heavy (non-hydrogen) atoms. The predicted octanol–water partition coefficient (Wildman–Crippen LogP) is 8.12. The first-order valence-electron chi connectivity index (χ1n) is 12.2. The van der Waals surface area contributed by atoms with Gasteiger partial charge in [0.25, 0.3) is 0 Å². The summed E-state index contributed by atoms with van der Waals surface area (Å²) < 4.78 is 0. The van der Waals surface area contributed by atoms with Gasteiger partial charge in [0.05, 0.1) is 5.92 Å². The van der Waals surface area contributed by atoms with E-state index in [1.54, 1.807) is 0 Å². The van der Waals surface area contributed by atoms with Gasteiger partial charge in [-0.15, -0.1) is 0 Å². The van der Waals surface area contributed by atoms with Crippen LogP contribution in [-0.2, 0) is 9.59 Å². The summed E-state index contributed by atoms with van der Waals surface area (Å²) in [5, 5.41) is 0. The molecule has 1 atom stereocenters. The summed E-state index contributed by atoms with van der Waals surface area (Å²) >= 11 is 0. The fourth-order valence-corrected chi connectivity index (χ4v) is 3.73. The second-order valence-electron chi connectivity index (χ2n) is 8.33. The van der Waals surface area contributed by atoms with E-state index in [1.807, 2.05) is 6.29 Å². The predicted molar refractivity (Wildman–Crippen MR) is 118 cm³/mol. The Morgan fingerprint density at radius 3 is 1.37 bits per heavy atom.